The molecule has 1 aliphatic carbocycles. The molecule has 23 heavy (non-hydrogen) atoms. The molecule has 2 aromatic rings. The predicted octanol–water partition coefficient (Wildman–Crippen LogP) is 3.88. The zero-order chi connectivity index (χ0) is 15.7. The second-order valence-electron chi connectivity index (χ2n) is 6.69. The van der Waals surface area contributed by atoms with Crippen molar-refractivity contribution in [3.63, 3.8) is 0 Å². The van der Waals surface area contributed by atoms with Gasteiger partial charge in [0.25, 0.3) is 0 Å². The van der Waals surface area contributed by atoms with Crippen LogP contribution in [-0.4, -0.2) is 19.1 Å². The Labute approximate surface area is 137 Å². The molecule has 2 aromatic carbocycles. The van der Waals surface area contributed by atoms with E-state index in [1.54, 1.807) is 0 Å². The van der Waals surface area contributed by atoms with E-state index in [9.17, 15) is 4.79 Å². The Morgan fingerprint density at radius 3 is 2.52 bits per heavy atom. The van der Waals surface area contributed by atoms with E-state index in [2.05, 4.69) is 41.7 Å². The predicted molar refractivity (Wildman–Crippen MR) is 92.9 cm³/mol. The zero-order valence-corrected chi connectivity index (χ0v) is 13.3. The Hall–Kier alpha value is -2.29. The van der Waals surface area contributed by atoms with Crippen molar-refractivity contribution in [3.8, 4) is 0 Å². The van der Waals surface area contributed by atoms with Crippen LogP contribution >= 0.6 is 0 Å². The van der Waals surface area contributed by atoms with E-state index < -0.39 is 0 Å². The molecule has 1 heterocycles. The van der Waals surface area contributed by atoms with Crippen LogP contribution in [0.25, 0.3) is 0 Å². The maximum atomic E-state index is 12.6. The summed E-state index contributed by atoms with van der Waals surface area (Å²) < 4.78 is 0. The largest absolute Gasteiger partial charge is 0.337 e. The number of rotatable bonds is 3. The van der Waals surface area contributed by atoms with Gasteiger partial charge in [-0.1, -0.05) is 55.0 Å². The summed E-state index contributed by atoms with van der Waals surface area (Å²) in [5.41, 5.74) is 3.82. The van der Waals surface area contributed by atoms with Gasteiger partial charge >= 0.3 is 6.03 Å². The Kier molecular flexibility index (Phi) is 3.56. The maximum Gasteiger partial charge on any atom is 0.321 e. The molecule has 1 N–H and O–H groups in total. The van der Waals surface area contributed by atoms with Crippen molar-refractivity contribution in [2.75, 3.05) is 18.0 Å². The van der Waals surface area contributed by atoms with E-state index in [1.165, 1.54) is 17.5 Å². The van der Waals surface area contributed by atoms with Crippen LogP contribution in [0.5, 0.6) is 0 Å². The van der Waals surface area contributed by atoms with E-state index in [0.29, 0.717) is 0 Å². The average Bonchev–Trinajstić information content (AvgIpc) is 2.99. The van der Waals surface area contributed by atoms with Gasteiger partial charge in [-0.15, -0.1) is 0 Å². The molecule has 0 radical (unpaired) electrons. The number of hydrogen-bond donors (Lipinski definition) is 1. The van der Waals surface area contributed by atoms with Crippen molar-refractivity contribution in [1.29, 1.82) is 0 Å². The van der Waals surface area contributed by atoms with Crippen molar-refractivity contribution in [3.05, 3.63) is 65.7 Å². The number of nitrogens with one attached hydrogen (secondary N) is 1. The standard InChI is InChI=1S/C20H22N2O/c23-19(22-14-11-16-7-4-5-10-18(16)22)21-15-20(12-6-13-20)17-8-2-1-3-9-17/h1-5,7-10H,6,11-15H2,(H,21,23). The fraction of sp³-hybridized carbons (Fsp3) is 0.350. The summed E-state index contributed by atoms with van der Waals surface area (Å²) in [6.45, 7) is 1.51. The van der Waals surface area contributed by atoms with Crippen LogP contribution < -0.4 is 10.2 Å². The number of hydrogen-bond acceptors (Lipinski definition) is 1. The first-order chi connectivity index (χ1) is 11.3. The van der Waals surface area contributed by atoms with Crippen molar-refractivity contribution >= 4 is 11.7 Å². The van der Waals surface area contributed by atoms with Crippen LogP contribution in [0.4, 0.5) is 10.5 Å². The third-order valence-corrected chi connectivity index (χ3v) is 5.41. The molecular weight excluding hydrogens is 284 g/mol. The Morgan fingerprint density at radius 2 is 1.78 bits per heavy atom. The number of urea groups is 1. The van der Waals surface area contributed by atoms with Gasteiger partial charge in [0.15, 0.2) is 0 Å². The number of anilines is 1. The maximum absolute atomic E-state index is 12.6. The molecule has 2 amide bonds. The molecule has 1 fully saturated rings. The molecule has 0 bridgehead atoms. The van der Waals surface area contributed by atoms with Gasteiger partial charge < -0.3 is 5.32 Å². The number of benzene rings is 2. The second-order valence-corrected chi connectivity index (χ2v) is 6.69. The topological polar surface area (TPSA) is 32.3 Å². The van der Waals surface area contributed by atoms with Gasteiger partial charge in [-0.2, -0.15) is 0 Å². The van der Waals surface area contributed by atoms with Gasteiger partial charge in [0, 0.05) is 24.2 Å². The quantitative estimate of drug-likeness (QED) is 0.917. The number of amides is 2. The van der Waals surface area contributed by atoms with Crippen LogP contribution in [0, 0.1) is 0 Å². The average molecular weight is 306 g/mol. The number of carbonyl (C=O) groups excluding carboxylic acids is 1. The highest BCUT2D eigenvalue weighted by atomic mass is 16.2. The third kappa shape index (κ3) is 2.50. The monoisotopic (exact) mass is 306 g/mol. The lowest BCUT2D eigenvalue weighted by Crippen LogP contribution is -2.49. The van der Waals surface area contributed by atoms with Gasteiger partial charge in [0.05, 0.1) is 0 Å². The number of para-hydroxylation sites is 1. The summed E-state index contributed by atoms with van der Waals surface area (Å²) in [7, 11) is 0. The summed E-state index contributed by atoms with van der Waals surface area (Å²) in [6.07, 6.45) is 4.52. The van der Waals surface area contributed by atoms with Crippen LogP contribution in [0.15, 0.2) is 54.6 Å². The highest BCUT2D eigenvalue weighted by Gasteiger charge is 2.39. The first-order valence-corrected chi connectivity index (χ1v) is 8.47. The van der Waals surface area contributed by atoms with Gasteiger partial charge in [-0.3, -0.25) is 4.90 Å². The van der Waals surface area contributed by atoms with E-state index in [-0.39, 0.29) is 11.4 Å². The lowest BCUT2D eigenvalue weighted by Gasteiger charge is -2.43. The summed E-state index contributed by atoms with van der Waals surface area (Å²) in [5.74, 6) is 0. The molecule has 4 rings (SSSR count). The molecule has 0 atom stereocenters. The van der Waals surface area contributed by atoms with Crippen molar-refractivity contribution in [1.82, 2.24) is 5.32 Å². The van der Waals surface area contributed by atoms with Crippen LogP contribution in [0.1, 0.15) is 30.4 Å². The minimum atomic E-state index is 0.0390. The molecule has 0 unspecified atom stereocenters. The highest BCUT2D eigenvalue weighted by molar-refractivity contribution is 5.94. The Balaban J connectivity index is 1.46. The van der Waals surface area contributed by atoms with E-state index in [0.717, 1.165) is 38.0 Å². The third-order valence-electron chi connectivity index (χ3n) is 5.41. The summed E-state index contributed by atoms with van der Waals surface area (Å²) in [5, 5.41) is 3.19. The fourth-order valence-electron chi connectivity index (χ4n) is 3.85. The van der Waals surface area contributed by atoms with E-state index in [4.69, 9.17) is 0 Å². The Bertz CT molecular complexity index is 707. The molecule has 1 saturated carbocycles. The minimum Gasteiger partial charge on any atom is -0.337 e. The van der Waals surface area contributed by atoms with Gasteiger partial charge in [0.2, 0.25) is 0 Å². The second kappa shape index (κ2) is 5.73. The normalized spacial score (nSPS) is 18.2. The smallest absolute Gasteiger partial charge is 0.321 e. The Morgan fingerprint density at radius 1 is 1.04 bits per heavy atom. The summed E-state index contributed by atoms with van der Waals surface area (Å²) in [6, 6.07) is 18.8. The first kappa shape index (κ1) is 14.3. The first-order valence-electron chi connectivity index (χ1n) is 8.47. The zero-order valence-electron chi connectivity index (χ0n) is 13.3. The number of carbonyl (C=O) groups is 1. The van der Waals surface area contributed by atoms with E-state index >= 15 is 0 Å². The minimum absolute atomic E-state index is 0.0390. The van der Waals surface area contributed by atoms with Crippen LogP contribution in [-0.2, 0) is 11.8 Å². The molecule has 0 saturated heterocycles. The molecule has 118 valence electrons. The number of nitrogens with zero attached hydrogens (tertiary/aromatic N) is 1. The fourth-order valence-corrected chi connectivity index (χ4v) is 3.85. The molecule has 3 heteroatoms. The van der Waals surface area contributed by atoms with Crippen LogP contribution in [0.3, 0.4) is 0 Å². The van der Waals surface area contributed by atoms with Gasteiger partial charge in [-0.05, 0) is 36.5 Å². The molecule has 3 nitrogen and oxygen atoms in total. The van der Waals surface area contributed by atoms with Crippen molar-refractivity contribution in [2.24, 2.45) is 0 Å². The van der Waals surface area contributed by atoms with Gasteiger partial charge in [-0.25, -0.2) is 4.79 Å². The van der Waals surface area contributed by atoms with Crippen molar-refractivity contribution in [2.45, 2.75) is 31.1 Å². The molecule has 2 aliphatic rings. The molecule has 1 aliphatic heterocycles. The molecule has 0 spiro atoms. The molecular formula is C20H22N2O. The molecule has 0 aromatic heterocycles. The SMILES string of the molecule is O=C(NCC1(c2ccccc2)CCC1)N1CCc2ccccc21. The lowest BCUT2D eigenvalue weighted by molar-refractivity contribution is 0.218. The highest BCUT2D eigenvalue weighted by Crippen LogP contribution is 2.43. The summed E-state index contributed by atoms with van der Waals surface area (Å²) >= 11 is 0. The number of fused-ring (bicyclic) bond motifs is 1. The lowest BCUT2D eigenvalue weighted by atomic mass is 9.64. The van der Waals surface area contributed by atoms with E-state index in [1.807, 2.05) is 23.1 Å². The van der Waals surface area contributed by atoms with Crippen LogP contribution in [0.2, 0.25) is 0 Å². The summed E-state index contributed by atoms with van der Waals surface area (Å²) in [4.78, 5) is 14.5. The van der Waals surface area contributed by atoms with Gasteiger partial charge in [0.1, 0.15) is 0 Å². The van der Waals surface area contributed by atoms with Crippen molar-refractivity contribution < 1.29 is 4.79 Å².